The molecule has 8 atom stereocenters. The third-order valence-electron chi connectivity index (χ3n) is 11.1. The van der Waals surface area contributed by atoms with E-state index < -0.39 is 99.2 Å². The summed E-state index contributed by atoms with van der Waals surface area (Å²) in [4.78, 5) is 92.7. The molecule has 1 aliphatic rings. The molecule has 1 aliphatic carbocycles. The molecule has 1 rings (SSSR count). The number of rotatable bonds is 42. The van der Waals surface area contributed by atoms with E-state index in [4.69, 9.17) is 18.5 Å². The van der Waals surface area contributed by atoms with Crippen LogP contribution in [0.25, 0.3) is 0 Å². The number of hydrogen-bond donors (Lipinski definition) is 9. The van der Waals surface area contributed by atoms with Crippen LogP contribution in [-0.4, -0.2) is 231 Å². The van der Waals surface area contributed by atoms with Crippen molar-refractivity contribution in [3.63, 3.8) is 0 Å². The Morgan fingerprint density at radius 2 is 0.704 bits per heavy atom. The molecule has 0 aliphatic heterocycles. The summed E-state index contributed by atoms with van der Waals surface area (Å²) in [6, 6.07) is 0. The molecule has 30 heteroatoms. The van der Waals surface area contributed by atoms with Gasteiger partial charge < -0.3 is 53.9 Å². The maximum Gasteiger partial charge on any atom is 0.472 e. The van der Waals surface area contributed by atoms with Gasteiger partial charge in [0.05, 0.1) is 6.61 Å². The van der Waals surface area contributed by atoms with E-state index in [1.807, 2.05) is 0 Å². The first-order chi connectivity index (χ1) is 31.5. The third kappa shape index (κ3) is 43.7. The smallest absolute Gasteiger partial charge is 0.462 e. The number of phosphoric acid groups is 4. The van der Waals surface area contributed by atoms with Crippen molar-refractivity contribution in [1.29, 1.82) is 0 Å². The van der Waals surface area contributed by atoms with E-state index in [9.17, 15) is 72.3 Å². The van der Waals surface area contributed by atoms with Gasteiger partial charge in [-0.1, -0.05) is 168 Å². The molecule has 0 heterocycles. The summed E-state index contributed by atoms with van der Waals surface area (Å²) in [6.07, 6.45) is 10.4. The summed E-state index contributed by atoms with van der Waals surface area (Å²) in [5.41, 5.74) is 0. The monoisotopic (exact) mass is 1140 g/mol. The van der Waals surface area contributed by atoms with Crippen LogP contribution in [0.2, 0.25) is 0 Å². The van der Waals surface area contributed by atoms with Crippen LogP contribution in [-0.2, 0) is 59.9 Å². The summed E-state index contributed by atoms with van der Waals surface area (Å²) in [6.45, 7) is 2.75. The maximum atomic E-state index is 13.3. The van der Waals surface area contributed by atoms with Gasteiger partial charge in [0.1, 0.15) is 43.2 Å². The minimum absolute atomic E-state index is 0. The van der Waals surface area contributed by atoms with E-state index in [0.29, 0.717) is 12.8 Å². The van der Waals surface area contributed by atoms with Gasteiger partial charge in [-0.05, 0) is 12.8 Å². The van der Waals surface area contributed by atoms with E-state index in [-0.39, 0.29) is 131 Å². The fraction of sp³-hybridized carbons (Fsp3) is 0.951. The van der Waals surface area contributed by atoms with Crippen molar-refractivity contribution in [1.82, 2.24) is 0 Å². The fourth-order valence-corrected chi connectivity index (χ4v) is 10.3. The number of unbranched alkanes of at least 4 members (excludes halogenated alkanes) is 24. The fourth-order valence-electron chi connectivity index (χ4n) is 7.67. The molecule has 22 nitrogen and oxygen atoms in total. The Hall–Kier alpha value is 3.30. The van der Waals surface area contributed by atoms with Crippen molar-refractivity contribution in [2.24, 2.45) is 0 Å². The number of carbonyl (C=O) groups is 2. The maximum absolute atomic E-state index is 13.3. The molecule has 71 heavy (non-hydrogen) atoms. The Kier molecular flexibility index (Phi) is 52.3. The second-order valence-electron chi connectivity index (χ2n) is 17.3. The van der Waals surface area contributed by atoms with Crippen LogP contribution in [0.15, 0.2) is 0 Å². The number of hydrogen-bond acceptors (Lipinski definition) is 15. The summed E-state index contributed by atoms with van der Waals surface area (Å²) in [5.74, 6) is -1.39. The number of esters is 2. The van der Waals surface area contributed by atoms with Gasteiger partial charge in [-0.15, -0.1) is 0 Å². The van der Waals surface area contributed by atoms with Crippen LogP contribution in [0.3, 0.4) is 0 Å². The molecular formula is C41H82Na4O22P4. The van der Waals surface area contributed by atoms with Crippen LogP contribution in [0.4, 0.5) is 0 Å². The summed E-state index contributed by atoms with van der Waals surface area (Å²) >= 11 is 0. The first-order valence-electron chi connectivity index (χ1n) is 24.1. The van der Waals surface area contributed by atoms with Gasteiger partial charge in [0.2, 0.25) is 0 Å². The average molecular weight is 1140 g/mol. The molecule has 0 amide bonds. The summed E-state index contributed by atoms with van der Waals surface area (Å²) in [5, 5.41) is 21.8. The van der Waals surface area contributed by atoms with Crippen molar-refractivity contribution in [3.05, 3.63) is 0 Å². The van der Waals surface area contributed by atoms with Gasteiger partial charge in [-0.2, -0.15) is 0 Å². The van der Waals surface area contributed by atoms with Crippen LogP contribution in [0.1, 0.15) is 194 Å². The van der Waals surface area contributed by atoms with E-state index in [0.717, 1.165) is 64.2 Å². The predicted molar refractivity (Wildman–Crippen MR) is 268 cm³/mol. The standard InChI is InChI=1S/C41H82O22P4.4Na/c1-3-5-7-9-11-13-15-17-19-21-23-25-27-29-34(42)57-31-33(59-35(43)30-28-26-24-22-20-18-16-14-12-10-8-6-4-2)32-58-67(55,56)63-38-36(44)39(60-64(46,47)48)41(62-66(52,53)54)40(37(38)45)61-65(49,50)51;;;;/h33,36-41,44-45H,3-32H2,1-2H3,(H,55,56)(H2,46,47,48)(H2,49,50,51)(H2,52,53,54);;;;/t33-,36+,37+,38?,39-,40+,41?;;;;/m1..../s1. The first-order valence-corrected chi connectivity index (χ1v) is 30.2. The van der Waals surface area contributed by atoms with Crippen LogP contribution in [0, 0.1) is 0 Å². The molecule has 0 saturated heterocycles. The van der Waals surface area contributed by atoms with E-state index in [2.05, 4.69) is 27.4 Å². The number of aliphatic hydroxyl groups is 2. The van der Waals surface area contributed by atoms with E-state index in [1.165, 1.54) is 89.9 Å². The summed E-state index contributed by atoms with van der Waals surface area (Å²) in [7, 11) is -23.0. The Labute approximate surface area is 509 Å². The Morgan fingerprint density at radius 3 is 1.03 bits per heavy atom. The van der Waals surface area contributed by atoms with E-state index in [1.54, 1.807) is 0 Å². The van der Waals surface area contributed by atoms with Crippen LogP contribution < -0.4 is 0 Å². The minimum Gasteiger partial charge on any atom is -0.462 e. The topological polar surface area (TPSA) is 349 Å². The normalized spacial score (nSPS) is 20.5. The molecule has 0 aromatic carbocycles. The van der Waals surface area contributed by atoms with Gasteiger partial charge in [-0.3, -0.25) is 32.2 Å². The Bertz CT molecular complexity index is 1510. The zero-order chi connectivity index (χ0) is 50.4. The molecule has 0 bridgehead atoms. The largest absolute Gasteiger partial charge is 0.472 e. The first kappa shape index (κ1) is 80.8. The molecule has 9 N–H and O–H groups in total. The molecule has 0 spiro atoms. The van der Waals surface area contributed by atoms with Crippen molar-refractivity contribution in [2.45, 2.75) is 236 Å². The second kappa shape index (κ2) is 46.0. The third-order valence-corrected chi connectivity index (χ3v) is 13.7. The van der Waals surface area contributed by atoms with Crippen molar-refractivity contribution < 1.29 is 104 Å². The number of ether oxygens (including phenoxy) is 2. The van der Waals surface area contributed by atoms with Crippen molar-refractivity contribution in [3.8, 4) is 0 Å². The minimum atomic E-state index is -5.78. The molecule has 402 valence electrons. The van der Waals surface area contributed by atoms with Gasteiger partial charge in [0.25, 0.3) is 0 Å². The zero-order valence-corrected chi connectivity index (χ0v) is 55.0. The predicted octanol–water partition coefficient (Wildman–Crippen LogP) is 6.55. The molecule has 1 fully saturated rings. The molecule has 0 aromatic heterocycles. The molecular weight excluding hydrogens is 1060 g/mol. The second-order valence-corrected chi connectivity index (χ2v) is 22.3. The van der Waals surface area contributed by atoms with Crippen molar-refractivity contribution >= 4 is 161 Å². The number of aliphatic hydroxyl groups excluding tert-OH is 2. The van der Waals surface area contributed by atoms with Crippen LogP contribution >= 0.6 is 31.3 Å². The molecule has 3 unspecified atom stereocenters. The Morgan fingerprint density at radius 1 is 0.408 bits per heavy atom. The molecule has 4 radical (unpaired) electrons. The van der Waals surface area contributed by atoms with Crippen LogP contribution in [0.5, 0.6) is 0 Å². The summed E-state index contributed by atoms with van der Waals surface area (Å²) < 4.78 is 82.1. The van der Waals surface area contributed by atoms with Gasteiger partial charge in [-0.25, -0.2) is 18.3 Å². The molecule has 0 aromatic rings. The quantitative estimate of drug-likeness (QED) is 0.0135. The van der Waals surface area contributed by atoms with Gasteiger partial charge in [0.15, 0.2) is 6.10 Å². The SMILES string of the molecule is CCCCCCCCCCCCCCCC(=O)OC[C@H](COP(=O)(O)OC1[C@H](O)[C@H](OP(=O)(O)O)C(OP(=O)(O)O)[C@H](OP(=O)(O)O)[C@H]1O)OC(=O)CCCCCCCCCCCCCCC.[Na].[Na].[Na].[Na]. The zero-order valence-electron chi connectivity index (χ0n) is 43.4. The van der Waals surface area contributed by atoms with Gasteiger partial charge in [0, 0.05) is 131 Å². The van der Waals surface area contributed by atoms with Crippen molar-refractivity contribution in [2.75, 3.05) is 13.2 Å². The number of carbonyl (C=O) groups excluding carboxylic acids is 2. The van der Waals surface area contributed by atoms with E-state index >= 15 is 0 Å². The Balaban J connectivity index is -0.00000561. The average Bonchev–Trinajstić information content (AvgIpc) is 3.22. The molecule has 1 saturated carbocycles. The van der Waals surface area contributed by atoms with Gasteiger partial charge >= 0.3 is 43.2 Å². The number of phosphoric ester groups is 4.